The first-order valence-electron chi connectivity index (χ1n) is 5.47. The lowest BCUT2D eigenvalue weighted by Crippen LogP contribution is -2.30. The maximum absolute atomic E-state index is 11.4. The predicted octanol–water partition coefficient (Wildman–Crippen LogP) is 2.83. The number of phenolic OH excluding ortho intramolecular Hbond substituents is 1. The minimum absolute atomic E-state index is 0.227. The molecule has 1 aromatic carbocycles. The third kappa shape index (κ3) is 4.31. The van der Waals surface area contributed by atoms with Crippen LogP contribution in [0, 0.1) is 0 Å². The maximum atomic E-state index is 11.4. The van der Waals surface area contributed by atoms with E-state index in [-0.39, 0.29) is 11.7 Å². The van der Waals surface area contributed by atoms with Crippen LogP contribution in [0.3, 0.4) is 0 Å². The van der Waals surface area contributed by atoms with Crippen LogP contribution in [0.25, 0.3) is 0 Å². The Kier molecular flexibility index (Phi) is 3.94. The summed E-state index contributed by atoms with van der Waals surface area (Å²) in [5.41, 5.74) is 0.804. The summed E-state index contributed by atoms with van der Waals surface area (Å²) in [7, 11) is 0. The molecule has 1 aromatic rings. The topological polar surface area (TPSA) is 46.5 Å². The van der Waals surface area contributed by atoms with Gasteiger partial charge >= 0.3 is 5.97 Å². The molecule has 0 saturated carbocycles. The largest absolute Gasteiger partial charge is 0.508 e. The van der Waals surface area contributed by atoms with E-state index < -0.39 is 5.60 Å². The molecule has 0 aliphatic carbocycles. The van der Waals surface area contributed by atoms with Crippen molar-refractivity contribution in [2.45, 2.75) is 32.8 Å². The number of ether oxygens (including phenoxy) is 1. The Labute approximate surface area is 102 Å². The molecule has 0 aromatic heterocycles. The van der Waals surface area contributed by atoms with Crippen LogP contribution >= 0.6 is 0 Å². The first-order valence-corrected chi connectivity index (χ1v) is 5.47. The van der Waals surface area contributed by atoms with E-state index in [9.17, 15) is 9.90 Å². The van der Waals surface area contributed by atoms with Crippen LogP contribution in [-0.4, -0.2) is 16.7 Å². The molecule has 1 N–H and O–H groups in total. The SMILES string of the molecule is C=C(C)C(=O)OC(C)(C)Cc1ccc(O)cc1. The summed E-state index contributed by atoms with van der Waals surface area (Å²) in [4.78, 5) is 11.4. The number of carbonyl (C=O) groups is 1. The predicted molar refractivity (Wildman–Crippen MR) is 66.8 cm³/mol. The van der Waals surface area contributed by atoms with Crippen LogP contribution < -0.4 is 0 Å². The van der Waals surface area contributed by atoms with Crippen molar-refractivity contribution < 1.29 is 14.6 Å². The van der Waals surface area contributed by atoms with Gasteiger partial charge in [0.2, 0.25) is 0 Å². The fraction of sp³-hybridized carbons (Fsp3) is 0.357. The summed E-state index contributed by atoms with van der Waals surface area (Å²) in [5.74, 6) is -0.153. The van der Waals surface area contributed by atoms with E-state index >= 15 is 0 Å². The zero-order valence-corrected chi connectivity index (χ0v) is 10.5. The van der Waals surface area contributed by atoms with Crippen LogP contribution in [-0.2, 0) is 16.0 Å². The van der Waals surface area contributed by atoms with Gasteiger partial charge in [0.25, 0.3) is 0 Å². The summed E-state index contributed by atoms with van der Waals surface area (Å²) in [5, 5.41) is 9.18. The van der Waals surface area contributed by atoms with E-state index in [1.807, 2.05) is 26.0 Å². The van der Waals surface area contributed by atoms with E-state index in [0.717, 1.165) is 5.56 Å². The van der Waals surface area contributed by atoms with Gasteiger partial charge in [0.1, 0.15) is 11.4 Å². The molecule has 0 amide bonds. The van der Waals surface area contributed by atoms with Gasteiger partial charge in [0, 0.05) is 12.0 Å². The zero-order chi connectivity index (χ0) is 13.1. The van der Waals surface area contributed by atoms with Gasteiger partial charge in [-0.3, -0.25) is 0 Å². The van der Waals surface area contributed by atoms with Gasteiger partial charge in [-0.25, -0.2) is 4.79 Å². The molecule has 0 fully saturated rings. The summed E-state index contributed by atoms with van der Waals surface area (Å²) >= 11 is 0. The van der Waals surface area contributed by atoms with Crippen LogP contribution in [0.15, 0.2) is 36.4 Å². The number of carbonyl (C=O) groups excluding carboxylic acids is 1. The number of hydrogen-bond acceptors (Lipinski definition) is 3. The molecule has 0 spiro atoms. The van der Waals surface area contributed by atoms with Crippen molar-refractivity contribution in [2.75, 3.05) is 0 Å². The first kappa shape index (κ1) is 13.3. The molecule has 0 aliphatic heterocycles. The van der Waals surface area contributed by atoms with Gasteiger partial charge in [-0.2, -0.15) is 0 Å². The summed E-state index contributed by atoms with van der Waals surface area (Å²) < 4.78 is 5.33. The van der Waals surface area contributed by atoms with Crippen molar-refractivity contribution in [2.24, 2.45) is 0 Å². The Morgan fingerprint density at radius 3 is 2.35 bits per heavy atom. The number of aromatic hydroxyl groups is 1. The van der Waals surface area contributed by atoms with E-state index in [1.165, 1.54) is 0 Å². The number of phenols is 1. The van der Waals surface area contributed by atoms with E-state index in [4.69, 9.17) is 4.74 Å². The van der Waals surface area contributed by atoms with Crippen molar-refractivity contribution in [3.63, 3.8) is 0 Å². The molecular formula is C14H18O3. The molecule has 0 atom stereocenters. The molecule has 3 nitrogen and oxygen atoms in total. The minimum Gasteiger partial charge on any atom is -0.508 e. The van der Waals surface area contributed by atoms with Crippen molar-refractivity contribution in [3.05, 3.63) is 42.0 Å². The Balaban J connectivity index is 2.69. The van der Waals surface area contributed by atoms with Crippen molar-refractivity contribution in [1.29, 1.82) is 0 Å². The van der Waals surface area contributed by atoms with Crippen LogP contribution in [0.5, 0.6) is 5.75 Å². The van der Waals surface area contributed by atoms with Crippen molar-refractivity contribution in [3.8, 4) is 5.75 Å². The molecule has 0 radical (unpaired) electrons. The van der Waals surface area contributed by atoms with Gasteiger partial charge in [-0.15, -0.1) is 0 Å². The number of hydrogen-bond donors (Lipinski definition) is 1. The second-order valence-corrected chi connectivity index (χ2v) is 4.77. The van der Waals surface area contributed by atoms with Gasteiger partial charge in [0.05, 0.1) is 0 Å². The van der Waals surface area contributed by atoms with E-state index in [2.05, 4.69) is 6.58 Å². The quantitative estimate of drug-likeness (QED) is 0.643. The highest BCUT2D eigenvalue weighted by atomic mass is 16.6. The fourth-order valence-corrected chi connectivity index (χ4v) is 1.48. The van der Waals surface area contributed by atoms with Gasteiger partial charge < -0.3 is 9.84 Å². The highest BCUT2D eigenvalue weighted by molar-refractivity contribution is 5.87. The minimum atomic E-state index is -0.590. The van der Waals surface area contributed by atoms with Crippen LogP contribution in [0.1, 0.15) is 26.3 Å². The Hall–Kier alpha value is -1.77. The molecule has 0 aliphatic rings. The fourth-order valence-electron chi connectivity index (χ4n) is 1.48. The highest BCUT2D eigenvalue weighted by Gasteiger charge is 2.23. The summed E-state index contributed by atoms with van der Waals surface area (Å²) in [6.45, 7) is 8.87. The third-order valence-corrected chi connectivity index (χ3v) is 2.28. The average molecular weight is 234 g/mol. The zero-order valence-electron chi connectivity index (χ0n) is 10.5. The van der Waals surface area contributed by atoms with Gasteiger partial charge in [-0.1, -0.05) is 18.7 Å². The second kappa shape index (κ2) is 5.04. The third-order valence-electron chi connectivity index (χ3n) is 2.28. The Morgan fingerprint density at radius 2 is 1.88 bits per heavy atom. The molecule has 17 heavy (non-hydrogen) atoms. The average Bonchev–Trinajstić information content (AvgIpc) is 2.20. The highest BCUT2D eigenvalue weighted by Crippen LogP contribution is 2.20. The lowest BCUT2D eigenvalue weighted by Gasteiger charge is -2.25. The maximum Gasteiger partial charge on any atom is 0.333 e. The lowest BCUT2D eigenvalue weighted by atomic mass is 9.98. The van der Waals surface area contributed by atoms with Crippen LogP contribution in [0.2, 0.25) is 0 Å². The van der Waals surface area contributed by atoms with Crippen molar-refractivity contribution >= 4 is 5.97 Å². The van der Waals surface area contributed by atoms with Gasteiger partial charge in [0.15, 0.2) is 0 Å². The van der Waals surface area contributed by atoms with E-state index in [0.29, 0.717) is 12.0 Å². The van der Waals surface area contributed by atoms with E-state index in [1.54, 1.807) is 19.1 Å². The normalized spacial score (nSPS) is 11.0. The molecule has 1 rings (SSSR count). The Morgan fingerprint density at radius 1 is 1.35 bits per heavy atom. The van der Waals surface area contributed by atoms with Gasteiger partial charge in [-0.05, 0) is 38.5 Å². The molecule has 0 saturated heterocycles. The molecule has 0 heterocycles. The Bertz CT molecular complexity index is 416. The summed E-state index contributed by atoms with van der Waals surface area (Å²) in [6, 6.07) is 6.86. The molecular weight excluding hydrogens is 216 g/mol. The molecule has 0 unspecified atom stereocenters. The summed E-state index contributed by atoms with van der Waals surface area (Å²) in [6.07, 6.45) is 0.590. The van der Waals surface area contributed by atoms with Crippen molar-refractivity contribution in [1.82, 2.24) is 0 Å². The smallest absolute Gasteiger partial charge is 0.333 e. The molecule has 0 bridgehead atoms. The first-order chi connectivity index (χ1) is 7.80. The number of esters is 1. The number of benzene rings is 1. The lowest BCUT2D eigenvalue weighted by molar-refractivity contribution is -0.151. The molecule has 92 valence electrons. The second-order valence-electron chi connectivity index (χ2n) is 4.77. The van der Waals surface area contributed by atoms with Crippen LogP contribution in [0.4, 0.5) is 0 Å². The standard InChI is InChI=1S/C14H18O3/c1-10(2)13(16)17-14(3,4)9-11-5-7-12(15)8-6-11/h5-8,15H,1,9H2,2-4H3. The molecule has 3 heteroatoms. The number of rotatable bonds is 4. The monoisotopic (exact) mass is 234 g/mol.